The van der Waals surface area contributed by atoms with E-state index >= 15 is 0 Å². The molecule has 0 aliphatic rings. The molecule has 0 aliphatic carbocycles. The first kappa shape index (κ1) is 9.54. The highest BCUT2D eigenvalue weighted by Gasteiger charge is 2.05. The molecule has 0 saturated heterocycles. The normalized spacial score (nSPS) is 11.3. The van der Waals surface area contributed by atoms with Gasteiger partial charge in [0.25, 0.3) is 0 Å². The van der Waals surface area contributed by atoms with Crippen LogP contribution < -0.4 is 0 Å². The summed E-state index contributed by atoms with van der Waals surface area (Å²) in [6.07, 6.45) is 5.62. The predicted octanol–water partition coefficient (Wildman–Crippen LogP) is 3.94. The molecule has 2 heteroatoms. The number of aromatic nitrogens is 2. The van der Waals surface area contributed by atoms with Crippen LogP contribution in [0.5, 0.6) is 0 Å². The molecular weight excluding hydrogens is 220 g/mol. The molecule has 0 unspecified atom stereocenters. The average Bonchev–Trinajstić information content (AvgIpc) is 2.46. The zero-order valence-electron chi connectivity index (χ0n) is 9.67. The van der Waals surface area contributed by atoms with Crippen molar-refractivity contribution in [2.45, 2.75) is 0 Å². The molecule has 4 aromatic rings. The lowest BCUT2D eigenvalue weighted by Gasteiger charge is -2.06. The van der Waals surface area contributed by atoms with E-state index in [9.17, 15) is 0 Å². The summed E-state index contributed by atoms with van der Waals surface area (Å²) in [7, 11) is 0. The fourth-order valence-electron chi connectivity index (χ4n) is 2.53. The van der Waals surface area contributed by atoms with Gasteiger partial charge in [0.1, 0.15) is 0 Å². The fraction of sp³-hybridized carbons (Fsp3) is 0. The molecule has 2 aromatic carbocycles. The Kier molecular flexibility index (Phi) is 1.86. The molecule has 84 valence electrons. The Bertz CT molecular complexity index is 811. The van der Waals surface area contributed by atoms with Crippen molar-refractivity contribution in [3.8, 4) is 0 Å². The van der Waals surface area contributed by atoms with Crippen molar-refractivity contribution in [3.63, 3.8) is 0 Å². The molecule has 2 heterocycles. The second-order valence-corrected chi connectivity index (χ2v) is 4.40. The smallest absolute Gasteiger partial charge is 0.0739 e. The van der Waals surface area contributed by atoms with Gasteiger partial charge in [0.2, 0.25) is 0 Å². The van der Waals surface area contributed by atoms with Gasteiger partial charge >= 0.3 is 0 Å². The molecule has 2 aromatic heterocycles. The average molecular weight is 230 g/mol. The van der Waals surface area contributed by atoms with E-state index in [-0.39, 0.29) is 0 Å². The number of fused-ring (bicyclic) bond motifs is 5. The summed E-state index contributed by atoms with van der Waals surface area (Å²) < 4.78 is 0. The summed E-state index contributed by atoms with van der Waals surface area (Å²) in [5.41, 5.74) is 0.994. The molecule has 0 spiro atoms. The van der Waals surface area contributed by atoms with Crippen molar-refractivity contribution in [2.24, 2.45) is 0 Å². The van der Waals surface area contributed by atoms with E-state index in [0.717, 1.165) is 16.3 Å². The van der Waals surface area contributed by atoms with Gasteiger partial charge in [-0.15, -0.1) is 0 Å². The molecule has 0 atom stereocenters. The van der Waals surface area contributed by atoms with Gasteiger partial charge in [-0.3, -0.25) is 9.97 Å². The zero-order valence-corrected chi connectivity index (χ0v) is 9.67. The van der Waals surface area contributed by atoms with Gasteiger partial charge in [-0.25, -0.2) is 0 Å². The third kappa shape index (κ3) is 1.23. The van der Waals surface area contributed by atoms with Gasteiger partial charge in [0, 0.05) is 34.7 Å². The van der Waals surface area contributed by atoms with E-state index in [1.54, 1.807) is 6.20 Å². The van der Waals surface area contributed by atoms with Crippen LogP contribution in [0.2, 0.25) is 0 Å². The summed E-state index contributed by atoms with van der Waals surface area (Å²) in [4.78, 5) is 8.71. The number of hydrogen-bond donors (Lipinski definition) is 0. The third-order valence-electron chi connectivity index (χ3n) is 3.37. The van der Waals surface area contributed by atoms with Gasteiger partial charge in [0.15, 0.2) is 0 Å². The lowest BCUT2D eigenvalue weighted by Crippen LogP contribution is -1.84. The summed E-state index contributed by atoms with van der Waals surface area (Å²) in [5, 5.41) is 6.03. The quantitative estimate of drug-likeness (QED) is 0.428. The standard InChI is InChI=1S/C16H10N2/c1-2-4-13-11(3-1)5-6-12-9-18-15-7-8-17-10-14(15)16(12)13/h1-10H. The Balaban J connectivity index is 2.38. The second-order valence-electron chi connectivity index (χ2n) is 4.40. The Hall–Kier alpha value is -2.48. The van der Waals surface area contributed by atoms with Crippen LogP contribution in [0.25, 0.3) is 32.4 Å². The number of hydrogen-bond acceptors (Lipinski definition) is 2. The van der Waals surface area contributed by atoms with Gasteiger partial charge in [-0.2, -0.15) is 0 Å². The molecule has 0 N–H and O–H groups in total. The highest BCUT2D eigenvalue weighted by molar-refractivity contribution is 6.18. The van der Waals surface area contributed by atoms with Gasteiger partial charge in [-0.1, -0.05) is 36.4 Å². The van der Waals surface area contributed by atoms with Gasteiger partial charge < -0.3 is 0 Å². The van der Waals surface area contributed by atoms with E-state index in [1.165, 1.54) is 16.2 Å². The van der Waals surface area contributed by atoms with Gasteiger partial charge in [-0.05, 0) is 16.8 Å². The molecule has 0 fully saturated rings. The van der Waals surface area contributed by atoms with Crippen LogP contribution in [0.3, 0.4) is 0 Å². The van der Waals surface area contributed by atoms with Crippen molar-refractivity contribution in [1.29, 1.82) is 0 Å². The first-order chi connectivity index (χ1) is 8.93. The summed E-state index contributed by atoms with van der Waals surface area (Å²) in [5.74, 6) is 0. The highest BCUT2D eigenvalue weighted by atomic mass is 14.7. The minimum absolute atomic E-state index is 0.994. The fourth-order valence-corrected chi connectivity index (χ4v) is 2.53. The van der Waals surface area contributed by atoms with Crippen molar-refractivity contribution in [1.82, 2.24) is 9.97 Å². The van der Waals surface area contributed by atoms with Crippen molar-refractivity contribution >= 4 is 32.4 Å². The first-order valence-corrected chi connectivity index (χ1v) is 5.94. The Morgan fingerprint density at radius 1 is 0.722 bits per heavy atom. The summed E-state index contributed by atoms with van der Waals surface area (Å²) in [6.45, 7) is 0. The van der Waals surface area contributed by atoms with Crippen molar-refractivity contribution in [3.05, 3.63) is 61.1 Å². The molecular formula is C16H10N2. The Labute approximate surface area is 104 Å². The van der Waals surface area contributed by atoms with Gasteiger partial charge in [0.05, 0.1) is 5.52 Å². The van der Waals surface area contributed by atoms with Crippen LogP contribution in [0.4, 0.5) is 0 Å². The third-order valence-corrected chi connectivity index (χ3v) is 3.37. The van der Waals surface area contributed by atoms with E-state index < -0.39 is 0 Å². The topological polar surface area (TPSA) is 25.8 Å². The maximum Gasteiger partial charge on any atom is 0.0739 e. The predicted molar refractivity (Wildman–Crippen MR) is 74.6 cm³/mol. The highest BCUT2D eigenvalue weighted by Crippen LogP contribution is 2.30. The van der Waals surface area contributed by atoms with Crippen LogP contribution in [0.1, 0.15) is 0 Å². The summed E-state index contributed by atoms with van der Waals surface area (Å²) in [6, 6.07) is 14.6. The molecule has 2 nitrogen and oxygen atoms in total. The van der Waals surface area contributed by atoms with Crippen molar-refractivity contribution in [2.75, 3.05) is 0 Å². The van der Waals surface area contributed by atoms with Crippen LogP contribution >= 0.6 is 0 Å². The minimum atomic E-state index is 0.994. The number of benzene rings is 2. The molecule has 0 aliphatic heterocycles. The molecule has 0 amide bonds. The van der Waals surface area contributed by atoms with E-state index in [2.05, 4.69) is 46.4 Å². The largest absolute Gasteiger partial charge is 0.264 e. The van der Waals surface area contributed by atoms with E-state index in [1.807, 2.05) is 18.5 Å². The summed E-state index contributed by atoms with van der Waals surface area (Å²) >= 11 is 0. The van der Waals surface area contributed by atoms with E-state index in [4.69, 9.17) is 0 Å². The number of pyridine rings is 2. The van der Waals surface area contributed by atoms with Crippen LogP contribution in [0, 0.1) is 0 Å². The number of rotatable bonds is 0. The lowest BCUT2D eigenvalue weighted by molar-refractivity contribution is 1.34. The molecule has 4 rings (SSSR count). The lowest BCUT2D eigenvalue weighted by atomic mass is 10.0. The van der Waals surface area contributed by atoms with Crippen LogP contribution in [0.15, 0.2) is 61.1 Å². The first-order valence-electron chi connectivity index (χ1n) is 5.94. The zero-order chi connectivity index (χ0) is 11.9. The SMILES string of the molecule is c1ccc2c(c1)ccc1cnc3ccncc3c12. The molecule has 18 heavy (non-hydrogen) atoms. The van der Waals surface area contributed by atoms with E-state index in [0.29, 0.717) is 0 Å². The molecule has 0 bridgehead atoms. The Morgan fingerprint density at radius 3 is 2.61 bits per heavy atom. The number of nitrogens with zero attached hydrogens (tertiary/aromatic N) is 2. The minimum Gasteiger partial charge on any atom is -0.264 e. The second kappa shape index (κ2) is 3.50. The van der Waals surface area contributed by atoms with Crippen molar-refractivity contribution < 1.29 is 0 Å². The maximum atomic E-state index is 4.48. The molecule has 0 radical (unpaired) electrons. The maximum absolute atomic E-state index is 4.48. The van der Waals surface area contributed by atoms with Crippen LogP contribution in [-0.4, -0.2) is 9.97 Å². The molecule has 0 saturated carbocycles. The monoisotopic (exact) mass is 230 g/mol. The van der Waals surface area contributed by atoms with Crippen LogP contribution in [-0.2, 0) is 0 Å². The Morgan fingerprint density at radius 2 is 1.61 bits per heavy atom.